The summed E-state index contributed by atoms with van der Waals surface area (Å²) >= 11 is 0. The molecular formula is C16H23NO4S. The quantitative estimate of drug-likeness (QED) is 0.864. The second-order valence-electron chi connectivity index (χ2n) is 6.05. The second kappa shape index (κ2) is 6.79. The minimum Gasteiger partial charge on any atom is -0.465 e. The number of carbonyl (C=O) groups is 1. The van der Waals surface area contributed by atoms with Crippen LogP contribution >= 0.6 is 0 Å². The summed E-state index contributed by atoms with van der Waals surface area (Å²) in [7, 11) is -2.26. The van der Waals surface area contributed by atoms with Crippen LogP contribution in [0, 0.1) is 12.8 Å². The summed E-state index contributed by atoms with van der Waals surface area (Å²) < 4.78 is 32.5. The molecule has 5 nitrogen and oxygen atoms in total. The molecule has 0 heterocycles. The molecule has 1 saturated carbocycles. The molecule has 0 aliphatic heterocycles. The summed E-state index contributed by atoms with van der Waals surface area (Å²) in [4.78, 5) is 11.7. The van der Waals surface area contributed by atoms with E-state index in [1.807, 2.05) is 0 Å². The molecule has 0 saturated heterocycles. The third kappa shape index (κ3) is 3.87. The Hall–Kier alpha value is -1.40. The van der Waals surface area contributed by atoms with Gasteiger partial charge >= 0.3 is 5.97 Å². The molecular weight excluding hydrogens is 302 g/mol. The number of benzene rings is 1. The predicted octanol–water partition coefficient (Wildman–Crippen LogP) is 2.64. The molecule has 0 aromatic heterocycles. The van der Waals surface area contributed by atoms with Crippen LogP contribution < -0.4 is 4.72 Å². The van der Waals surface area contributed by atoms with Gasteiger partial charge < -0.3 is 4.74 Å². The van der Waals surface area contributed by atoms with Crippen LogP contribution in [-0.2, 0) is 14.8 Å². The molecule has 1 aliphatic carbocycles. The van der Waals surface area contributed by atoms with Crippen LogP contribution in [0.2, 0.25) is 0 Å². The highest BCUT2D eigenvalue weighted by molar-refractivity contribution is 7.89. The molecule has 0 unspecified atom stereocenters. The van der Waals surface area contributed by atoms with E-state index in [-0.39, 0.29) is 10.9 Å². The van der Waals surface area contributed by atoms with E-state index < -0.39 is 16.0 Å². The van der Waals surface area contributed by atoms with Gasteiger partial charge in [-0.25, -0.2) is 17.9 Å². The van der Waals surface area contributed by atoms with E-state index >= 15 is 0 Å². The molecule has 1 aliphatic rings. The van der Waals surface area contributed by atoms with Gasteiger partial charge in [0.1, 0.15) is 0 Å². The van der Waals surface area contributed by atoms with Crippen LogP contribution in [0.15, 0.2) is 23.1 Å². The average Bonchev–Trinajstić information content (AvgIpc) is 2.48. The monoisotopic (exact) mass is 325 g/mol. The lowest BCUT2D eigenvalue weighted by Gasteiger charge is -2.27. The zero-order chi connectivity index (χ0) is 16.3. The first-order valence-electron chi connectivity index (χ1n) is 7.55. The predicted molar refractivity (Wildman–Crippen MR) is 84.3 cm³/mol. The lowest BCUT2D eigenvalue weighted by Crippen LogP contribution is -2.37. The molecule has 0 amide bonds. The topological polar surface area (TPSA) is 72.5 Å². The average molecular weight is 325 g/mol. The maximum Gasteiger partial charge on any atom is 0.337 e. The SMILES string of the molecule is COC(=O)c1ccc(S(=O)(=O)NC2CCC(C)CC2)c(C)c1. The molecule has 1 aromatic rings. The van der Waals surface area contributed by atoms with E-state index in [0.29, 0.717) is 17.0 Å². The Balaban J connectivity index is 2.17. The molecule has 1 fully saturated rings. The smallest absolute Gasteiger partial charge is 0.337 e. The van der Waals surface area contributed by atoms with Crippen molar-refractivity contribution in [1.82, 2.24) is 4.72 Å². The fourth-order valence-corrected chi connectivity index (χ4v) is 4.39. The van der Waals surface area contributed by atoms with Gasteiger partial charge in [-0.2, -0.15) is 0 Å². The van der Waals surface area contributed by atoms with Gasteiger partial charge in [0.2, 0.25) is 10.0 Å². The van der Waals surface area contributed by atoms with Gasteiger partial charge in [0, 0.05) is 6.04 Å². The third-order valence-electron chi connectivity index (χ3n) is 4.22. The maximum absolute atomic E-state index is 12.5. The van der Waals surface area contributed by atoms with Gasteiger partial charge in [0.05, 0.1) is 17.6 Å². The first kappa shape index (κ1) is 17.0. The number of hydrogen-bond acceptors (Lipinski definition) is 4. The van der Waals surface area contributed by atoms with Gasteiger partial charge in [0.15, 0.2) is 0 Å². The molecule has 6 heteroatoms. The fraction of sp³-hybridized carbons (Fsp3) is 0.562. The van der Waals surface area contributed by atoms with Crippen molar-refractivity contribution in [3.8, 4) is 0 Å². The Labute approximate surface area is 132 Å². The Kier molecular flexibility index (Phi) is 5.24. The van der Waals surface area contributed by atoms with E-state index in [0.717, 1.165) is 25.7 Å². The largest absolute Gasteiger partial charge is 0.465 e. The highest BCUT2D eigenvalue weighted by Crippen LogP contribution is 2.25. The van der Waals surface area contributed by atoms with E-state index in [1.54, 1.807) is 13.0 Å². The number of rotatable bonds is 4. The van der Waals surface area contributed by atoms with Crippen molar-refractivity contribution < 1.29 is 17.9 Å². The van der Waals surface area contributed by atoms with Crippen LogP contribution in [0.25, 0.3) is 0 Å². The number of methoxy groups -OCH3 is 1. The number of nitrogens with one attached hydrogen (secondary N) is 1. The number of esters is 1. The highest BCUT2D eigenvalue weighted by atomic mass is 32.2. The van der Waals surface area contributed by atoms with Crippen molar-refractivity contribution in [2.24, 2.45) is 5.92 Å². The molecule has 22 heavy (non-hydrogen) atoms. The van der Waals surface area contributed by atoms with Crippen molar-refractivity contribution >= 4 is 16.0 Å². The van der Waals surface area contributed by atoms with Crippen LogP contribution in [-0.4, -0.2) is 27.5 Å². The molecule has 0 atom stereocenters. The Morgan fingerprint density at radius 3 is 2.41 bits per heavy atom. The minimum absolute atomic E-state index is 0.000818. The molecule has 2 rings (SSSR count). The lowest BCUT2D eigenvalue weighted by molar-refractivity contribution is 0.0600. The number of hydrogen-bond donors (Lipinski definition) is 1. The second-order valence-corrected chi connectivity index (χ2v) is 7.73. The molecule has 122 valence electrons. The Bertz CT molecular complexity index is 646. The molecule has 1 aromatic carbocycles. The number of aryl methyl sites for hydroxylation is 1. The number of carbonyl (C=O) groups excluding carboxylic acids is 1. The Morgan fingerprint density at radius 1 is 1.23 bits per heavy atom. The summed E-state index contributed by atoms with van der Waals surface area (Å²) in [5, 5.41) is 0. The van der Waals surface area contributed by atoms with Crippen molar-refractivity contribution in [2.75, 3.05) is 7.11 Å². The zero-order valence-electron chi connectivity index (χ0n) is 13.3. The van der Waals surface area contributed by atoms with Gasteiger partial charge in [0.25, 0.3) is 0 Å². The lowest BCUT2D eigenvalue weighted by atomic mass is 9.88. The summed E-state index contributed by atoms with van der Waals surface area (Å²) in [6, 6.07) is 4.50. The van der Waals surface area contributed by atoms with Crippen LogP contribution in [0.5, 0.6) is 0 Å². The maximum atomic E-state index is 12.5. The molecule has 0 bridgehead atoms. The van der Waals surface area contributed by atoms with Crippen molar-refractivity contribution in [1.29, 1.82) is 0 Å². The van der Waals surface area contributed by atoms with Gasteiger partial charge in [-0.05, 0) is 62.3 Å². The van der Waals surface area contributed by atoms with E-state index in [2.05, 4.69) is 16.4 Å². The third-order valence-corrected chi connectivity index (χ3v) is 5.90. The highest BCUT2D eigenvalue weighted by Gasteiger charge is 2.25. The normalized spacial score (nSPS) is 22.3. The molecule has 0 radical (unpaired) electrons. The summed E-state index contributed by atoms with van der Waals surface area (Å²) in [5.74, 6) is 0.197. The first-order chi connectivity index (χ1) is 10.3. The summed E-state index contributed by atoms with van der Waals surface area (Å²) in [5.41, 5.74) is 0.894. The summed E-state index contributed by atoms with van der Waals surface area (Å²) in [6.07, 6.45) is 3.85. The van der Waals surface area contributed by atoms with Crippen molar-refractivity contribution in [2.45, 2.75) is 50.5 Å². The summed E-state index contributed by atoms with van der Waals surface area (Å²) in [6.45, 7) is 3.88. The first-order valence-corrected chi connectivity index (χ1v) is 9.03. The van der Waals surface area contributed by atoms with E-state index in [9.17, 15) is 13.2 Å². The number of sulfonamides is 1. The van der Waals surface area contributed by atoms with Gasteiger partial charge in [-0.15, -0.1) is 0 Å². The fourth-order valence-electron chi connectivity index (χ4n) is 2.86. The van der Waals surface area contributed by atoms with Crippen LogP contribution in [0.1, 0.15) is 48.5 Å². The number of ether oxygens (including phenoxy) is 1. The van der Waals surface area contributed by atoms with Crippen molar-refractivity contribution in [3.05, 3.63) is 29.3 Å². The zero-order valence-corrected chi connectivity index (χ0v) is 14.1. The van der Waals surface area contributed by atoms with E-state index in [4.69, 9.17) is 0 Å². The van der Waals surface area contributed by atoms with Gasteiger partial charge in [-0.1, -0.05) is 6.92 Å². The van der Waals surface area contributed by atoms with E-state index in [1.165, 1.54) is 19.2 Å². The van der Waals surface area contributed by atoms with Gasteiger partial charge in [-0.3, -0.25) is 0 Å². The van der Waals surface area contributed by atoms with Crippen LogP contribution in [0.4, 0.5) is 0 Å². The molecule has 0 spiro atoms. The standard InChI is InChI=1S/C16H23NO4S/c1-11-4-7-14(8-5-11)17-22(19,20)15-9-6-13(10-12(15)2)16(18)21-3/h6,9-11,14,17H,4-5,7-8H2,1-3H3. The van der Waals surface area contributed by atoms with Crippen molar-refractivity contribution in [3.63, 3.8) is 0 Å². The minimum atomic E-state index is -3.56. The Morgan fingerprint density at radius 2 is 1.86 bits per heavy atom. The molecule has 1 N–H and O–H groups in total. The van der Waals surface area contributed by atoms with Crippen LogP contribution in [0.3, 0.4) is 0 Å².